The monoisotopic (exact) mass is 314 g/mol. The minimum absolute atomic E-state index is 0.0520. The summed E-state index contributed by atoms with van der Waals surface area (Å²) < 4.78 is 10.7. The summed E-state index contributed by atoms with van der Waals surface area (Å²) in [5.74, 6) is -0.303. The van der Waals surface area contributed by atoms with Crippen LogP contribution in [-0.4, -0.2) is 23.5 Å². The number of benzene rings is 2. The zero-order valence-electron chi connectivity index (χ0n) is 13.0. The summed E-state index contributed by atoms with van der Waals surface area (Å²) >= 11 is 0. The van der Waals surface area contributed by atoms with Crippen LogP contribution in [-0.2, 0) is 11.3 Å². The minimum Gasteiger partial charge on any atom is -0.507 e. The van der Waals surface area contributed by atoms with Gasteiger partial charge in [-0.05, 0) is 44.2 Å². The second kappa shape index (κ2) is 7.45. The molecule has 5 heteroatoms. The number of hydrogen-bond donors (Lipinski definition) is 1. The predicted octanol–water partition coefficient (Wildman–Crippen LogP) is 3.35. The maximum Gasteiger partial charge on any atom is 0.342 e. The van der Waals surface area contributed by atoms with Crippen molar-refractivity contribution < 1.29 is 24.2 Å². The number of ether oxygens (including phenoxy) is 2. The molecule has 0 spiro atoms. The van der Waals surface area contributed by atoms with Crippen molar-refractivity contribution in [3.05, 3.63) is 59.2 Å². The second-order valence-electron chi connectivity index (χ2n) is 4.90. The van der Waals surface area contributed by atoms with Gasteiger partial charge in [-0.25, -0.2) is 4.79 Å². The van der Waals surface area contributed by atoms with Gasteiger partial charge in [-0.3, -0.25) is 4.79 Å². The first-order valence-corrected chi connectivity index (χ1v) is 7.24. The molecule has 23 heavy (non-hydrogen) atoms. The van der Waals surface area contributed by atoms with E-state index in [1.807, 2.05) is 6.92 Å². The first-order chi connectivity index (χ1) is 11.0. The normalized spacial score (nSPS) is 10.2. The lowest BCUT2D eigenvalue weighted by Gasteiger charge is -2.12. The van der Waals surface area contributed by atoms with E-state index in [2.05, 4.69) is 0 Å². The SMILES string of the molecule is CCOc1ccc(C(C)=O)cc1COC(=O)c1ccccc1O. The summed E-state index contributed by atoms with van der Waals surface area (Å²) in [4.78, 5) is 23.5. The summed E-state index contributed by atoms with van der Waals surface area (Å²) in [6, 6.07) is 11.1. The maximum atomic E-state index is 12.0. The molecule has 0 radical (unpaired) electrons. The summed E-state index contributed by atoms with van der Waals surface area (Å²) in [6.07, 6.45) is 0. The number of phenols is 1. The second-order valence-corrected chi connectivity index (χ2v) is 4.90. The number of para-hydroxylation sites is 1. The van der Waals surface area contributed by atoms with Gasteiger partial charge in [-0.15, -0.1) is 0 Å². The van der Waals surface area contributed by atoms with E-state index in [-0.39, 0.29) is 23.7 Å². The molecule has 0 aromatic heterocycles. The van der Waals surface area contributed by atoms with E-state index >= 15 is 0 Å². The molecule has 0 atom stereocenters. The van der Waals surface area contributed by atoms with Crippen LogP contribution in [0.4, 0.5) is 0 Å². The van der Waals surface area contributed by atoms with E-state index in [4.69, 9.17) is 9.47 Å². The van der Waals surface area contributed by atoms with Crippen LogP contribution in [0, 0.1) is 0 Å². The molecule has 0 heterocycles. The average molecular weight is 314 g/mol. The first-order valence-electron chi connectivity index (χ1n) is 7.24. The number of esters is 1. The zero-order valence-corrected chi connectivity index (χ0v) is 13.0. The molecule has 0 saturated heterocycles. The van der Waals surface area contributed by atoms with Crippen LogP contribution < -0.4 is 4.74 Å². The van der Waals surface area contributed by atoms with Crippen molar-refractivity contribution in [2.75, 3.05) is 6.61 Å². The summed E-state index contributed by atoms with van der Waals surface area (Å²) in [5.41, 5.74) is 1.21. The Labute approximate surface area is 134 Å². The Balaban J connectivity index is 2.18. The topological polar surface area (TPSA) is 72.8 Å². The molecule has 0 aliphatic rings. The van der Waals surface area contributed by atoms with E-state index < -0.39 is 5.97 Å². The van der Waals surface area contributed by atoms with Gasteiger partial charge in [0.15, 0.2) is 5.78 Å². The molecule has 2 aromatic rings. The van der Waals surface area contributed by atoms with Gasteiger partial charge in [0.2, 0.25) is 0 Å². The molecule has 120 valence electrons. The Hall–Kier alpha value is -2.82. The largest absolute Gasteiger partial charge is 0.507 e. The van der Waals surface area contributed by atoms with Crippen LogP contribution in [0.15, 0.2) is 42.5 Å². The number of carbonyl (C=O) groups excluding carboxylic acids is 2. The number of aromatic hydroxyl groups is 1. The van der Waals surface area contributed by atoms with Gasteiger partial charge in [0, 0.05) is 11.1 Å². The smallest absolute Gasteiger partial charge is 0.342 e. The van der Waals surface area contributed by atoms with Gasteiger partial charge >= 0.3 is 5.97 Å². The lowest BCUT2D eigenvalue weighted by atomic mass is 10.1. The molecule has 0 unspecified atom stereocenters. The van der Waals surface area contributed by atoms with Gasteiger partial charge in [-0.2, -0.15) is 0 Å². The lowest BCUT2D eigenvalue weighted by molar-refractivity contribution is 0.0466. The molecule has 0 aliphatic heterocycles. The molecule has 0 bridgehead atoms. The fourth-order valence-corrected chi connectivity index (χ4v) is 2.07. The quantitative estimate of drug-likeness (QED) is 0.654. The molecule has 0 fully saturated rings. The highest BCUT2D eigenvalue weighted by Gasteiger charge is 2.14. The summed E-state index contributed by atoms with van der Waals surface area (Å²) in [7, 11) is 0. The number of Topliss-reactive ketones (excluding diaryl/α,β-unsaturated/α-hetero) is 1. The van der Waals surface area contributed by atoms with Gasteiger partial charge in [0.1, 0.15) is 23.7 Å². The van der Waals surface area contributed by atoms with E-state index in [1.54, 1.807) is 30.3 Å². The van der Waals surface area contributed by atoms with Gasteiger partial charge in [0.05, 0.1) is 6.61 Å². The molecule has 5 nitrogen and oxygen atoms in total. The number of hydrogen-bond acceptors (Lipinski definition) is 5. The fraction of sp³-hybridized carbons (Fsp3) is 0.222. The molecule has 0 amide bonds. The van der Waals surface area contributed by atoms with Crippen LogP contribution in [0.3, 0.4) is 0 Å². The highest BCUT2D eigenvalue weighted by Crippen LogP contribution is 2.23. The third-order valence-corrected chi connectivity index (χ3v) is 3.25. The average Bonchev–Trinajstić information content (AvgIpc) is 2.54. The van der Waals surface area contributed by atoms with Crippen molar-refractivity contribution in [2.45, 2.75) is 20.5 Å². The predicted molar refractivity (Wildman–Crippen MR) is 84.8 cm³/mol. The Morgan fingerprint density at radius 3 is 2.52 bits per heavy atom. The summed E-state index contributed by atoms with van der Waals surface area (Å²) in [5, 5.41) is 9.66. The Bertz CT molecular complexity index is 721. The number of phenolic OH excluding ortho intramolecular Hbond substituents is 1. The Morgan fingerprint density at radius 1 is 1.13 bits per heavy atom. The standard InChI is InChI=1S/C18H18O5/c1-3-22-17-9-8-13(12(2)19)10-14(17)11-23-18(21)15-6-4-5-7-16(15)20/h4-10,20H,3,11H2,1-2H3. The van der Waals surface area contributed by atoms with E-state index in [9.17, 15) is 14.7 Å². The highest BCUT2D eigenvalue weighted by atomic mass is 16.5. The van der Waals surface area contributed by atoms with Crippen molar-refractivity contribution in [2.24, 2.45) is 0 Å². The van der Waals surface area contributed by atoms with E-state index in [0.717, 1.165) is 0 Å². The van der Waals surface area contributed by atoms with Crippen molar-refractivity contribution in [1.29, 1.82) is 0 Å². The summed E-state index contributed by atoms with van der Waals surface area (Å²) in [6.45, 7) is 3.72. The molecule has 2 rings (SSSR count). The van der Waals surface area contributed by atoms with E-state index in [1.165, 1.54) is 19.1 Å². The Kier molecular flexibility index (Phi) is 5.36. The van der Waals surface area contributed by atoms with Crippen molar-refractivity contribution in [3.63, 3.8) is 0 Å². The molecular formula is C18H18O5. The van der Waals surface area contributed by atoms with E-state index in [0.29, 0.717) is 23.5 Å². The molecular weight excluding hydrogens is 296 g/mol. The zero-order chi connectivity index (χ0) is 16.8. The van der Waals surface area contributed by atoms with Crippen LogP contribution >= 0.6 is 0 Å². The van der Waals surface area contributed by atoms with Crippen LogP contribution in [0.1, 0.15) is 40.1 Å². The van der Waals surface area contributed by atoms with Gasteiger partial charge < -0.3 is 14.6 Å². The van der Waals surface area contributed by atoms with Crippen molar-refractivity contribution in [3.8, 4) is 11.5 Å². The van der Waals surface area contributed by atoms with Crippen LogP contribution in [0.25, 0.3) is 0 Å². The van der Waals surface area contributed by atoms with Gasteiger partial charge in [0.25, 0.3) is 0 Å². The molecule has 0 aliphatic carbocycles. The molecule has 0 saturated carbocycles. The van der Waals surface area contributed by atoms with Crippen LogP contribution in [0.5, 0.6) is 11.5 Å². The third kappa shape index (κ3) is 4.10. The molecule has 2 aromatic carbocycles. The number of ketones is 1. The van der Waals surface area contributed by atoms with Crippen molar-refractivity contribution in [1.82, 2.24) is 0 Å². The number of carbonyl (C=O) groups is 2. The lowest BCUT2D eigenvalue weighted by Crippen LogP contribution is -2.07. The fourth-order valence-electron chi connectivity index (χ4n) is 2.07. The maximum absolute atomic E-state index is 12.0. The Morgan fingerprint density at radius 2 is 1.87 bits per heavy atom. The minimum atomic E-state index is -0.640. The van der Waals surface area contributed by atoms with Crippen LogP contribution in [0.2, 0.25) is 0 Å². The first kappa shape index (κ1) is 16.5. The molecule has 1 N–H and O–H groups in total. The van der Waals surface area contributed by atoms with Gasteiger partial charge in [-0.1, -0.05) is 12.1 Å². The highest BCUT2D eigenvalue weighted by molar-refractivity contribution is 5.94. The third-order valence-electron chi connectivity index (χ3n) is 3.25. The number of rotatable bonds is 6. The van der Waals surface area contributed by atoms with Crippen molar-refractivity contribution >= 4 is 11.8 Å².